The van der Waals surface area contributed by atoms with E-state index >= 15 is 0 Å². The Balaban J connectivity index is 1.85. The van der Waals surface area contributed by atoms with Crippen molar-refractivity contribution in [2.45, 2.75) is 26.6 Å². The van der Waals surface area contributed by atoms with Crippen molar-refractivity contribution in [1.29, 1.82) is 0 Å². The Morgan fingerprint density at radius 1 is 1.08 bits per heavy atom. The highest BCUT2D eigenvalue weighted by molar-refractivity contribution is 5.98. The molecular weight excluding hydrogens is 329 g/mol. The number of carbonyl (C=O) groups excluding carboxylic acids is 1. The largest absolute Gasteiger partial charge is 0.463 e. The van der Waals surface area contributed by atoms with E-state index < -0.39 is 6.67 Å². The number of nitrogens with zero attached hydrogens (tertiary/aromatic N) is 1. The van der Waals surface area contributed by atoms with E-state index in [2.05, 4.69) is 17.0 Å². The predicted octanol–water partition coefficient (Wildman–Crippen LogP) is 4.38. The van der Waals surface area contributed by atoms with Gasteiger partial charge in [-0.05, 0) is 35.6 Å². The lowest BCUT2D eigenvalue weighted by Gasteiger charge is -2.30. The van der Waals surface area contributed by atoms with Crippen molar-refractivity contribution in [3.8, 4) is 0 Å². The fraction of sp³-hybridized carbons (Fsp3) is 0.318. The third-order valence-electron chi connectivity index (χ3n) is 4.65. The van der Waals surface area contributed by atoms with Crippen LogP contribution in [0.5, 0.6) is 0 Å². The number of carbonyl (C=O) groups is 1. The Bertz CT molecular complexity index is 768. The summed E-state index contributed by atoms with van der Waals surface area (Å²) in [4.78, 5) is 14.8. The van der Waals surface area contributed by atoms with Gasteiger partial charge in [-0.3, -0.25) is 4.90 Å². The van der Waals surface area contributed by atoms with Crippen LogP contribution in [0.15, 0.2) is 60.2 Å². The molecule has 4 heteroatoms. The van der Waals surface area contributed by atoms with Crippen molar-refractivity contribution in [1.82, 2.24) is 4.90 Å². The van der Waals surface area contributed by atoms with Crippen LogP contribution in [0, 0.1) is 0 Å². The minimum atomic E-state index is -0.477. The van der Waals surface area contributed by atoms with Crippen molar-refractivity contribution >= 4 is 11.5 Å². The third kappa shape index (κ3) is 4.38. The number of benzene rings is 2. The zero-order chi connectivity index (χ0) is 18.4. The first-order valence-corrected chi connectivity index (χ1v) is 9.02. The molecule has 3 rings (SSSR count). The summed E-state index contributed by atoms with van der Waals surface area (Å²) in [7, 11) is 0. The van der Waals surface area contributed by atoms with Crippen LogP contribution in [-0.4, -0.2) is 30.6 Å². The lowest BCUT2D eigenvalue weighted by atomic mass is 9.92. The highest BCUT2D eigenvalue weighted by Gasteiger charge is 2.25. The van der Waals surface area contributed by atoms with Crippen LogP contribution in [-0.2, 0) is 22.8 Å². The third-order valence-corrected chi connectivity index (χ3v) is 4.65. The SMILES string of the molecule is CCOC(=O)C1=C(c2ccc(CF)cc2)CCN(Cc2ccccc2)C1. The van der Waals surface area contributed by atoms with Gasteiger partial charge < -0.3 is 4.74 Å². The van der Waals surface area contributed by atoms with Crippen LogP contribution in [0.2, 0.25) is 0 Å². The van der Waals surface area contributed by atoms with Gasteiger partial charge in [-0.15, -0.1) is 0 Å². The first-order chi connectivity index (χ1) is 12.7. The lowest BCUT2D eigenvalue weighted by molar-refractivity contribution is -0.138. The van der Waals surface area contributed by atoms with Crippen molar-refractivity contribution in [3.63, 3.8) is 0 Å². The normalized spacial score (nSPS) is 15.2. The van der Waals surface area contributed by atoms with Crippen LogP contribution in [0.3, 0.4) is 0 Å². The molecule has 0 bridgehead atoms. The lowest BCUT2D eigenvalue weighted by Crippen LogP contribution is -2.34. The Labute approximate surface area is 154 Å². The number of ether oxygens (including phenoxy) is 1. The molecule has 2 aromatic carbocycles. The van der Waals surface area contributed by atoms with E-state index in [0.717, 1.165) is 30.6 Å². The smallest absolute Gasteiger partial charge is 0.335 e. The Morgan fingerprint density at radius 3 is 2.46 bits per heavy atom. The maximum atomic E-state index is 12.8. The summed E-state index contributed by atoms with van der Waals surface area (Å²) in [6, 6.07) is 17.6. The highest BCUT2D eigenvalue weighted by atomic mass is 19.1. The molecule has 0 spiro atoms. The molecule has 0 aromatic heterocycles. The van der Waals surface area contributed by atoms with Gasteiger partial charge in [0.25, 0.3) is 0 Å². The van der Waals surface area contributed by atoms with Crippen LogP contribution < -0.4 is 0 Å². The zero-order valence-corrected chi connectivity index (χ0v) is 15.1. The van der Waals surface area contributed by atoms with Crippen LogP contribution in [0.25, 0.3) is 5.57 Å². The second kappa shape index (κ2) is 8.77. The molecule has 0 aliphatic carbocycles. The van der Waals surface area contributed by atoms with E-state index in [4.69, 9.17) is 4.74 Å². The van der Waals surface area contributed by atoms with E-state index in [9.17, 15) is 9.18 Å². The molecule has 2 aromatic rings. The quantitative estimate of drug-likeness (QED) is 0.722. The topological polar surface area (TPSA) is 29.5 Å². The molecule has 0 saturated carbocycles. The molecule has 3 nitrogen and oxygen atoms in total. The first-order valence-electron chi connectivity index (χ1n) is 9.02. The average Bonchev–Trinajstić information content (AvgIpc) is 2.69. The molecule has 26 heavy (non-hydrogen) atoms. The maximum absolute atomic E-state index is 12.8. The predicted molar refractivity (Wildman–Crippen MR) is 101 cm³/mol. The zero-order valence-electron chi connectivity index (χ0n) is 15.1. The monoisotopic (exact) mass is 353 g/mol. The van der Waals surface area contributed by atoms with E-state index in [1.807, 2.05) is 37.3 Å². The van der Waals surface area contributed by atoms with Gasteiger partial charge in [0, 0.05) is 19.6 Å². The van der Waals surface area contributed by atoms with Crippen LogP contribution >= 0.6 is 0 Å². The second-order valence-corrected chi connectivity index (χ2v) is 6.45. The summed E-state index contributed by atoms with van der Waals surface area (Å²) in [6.45, 7) is 3.94. The molecule has 136 valence electrons. The highest BCUT2D eigenvalue weighted by Crippen LogP contribution is 2.29. The number of hydrogen-bond acceptors (Lipinski definition) is 3. The van der Waals surface area contributed by atoms with Gasteiger partial charge in [0.1, 0.15) is 6.67 Å². The minimum absolute atomic E-state index is 0.255. The summed E-state index contributed by atoms with van der Waals surface area (Å²) < 4.78 is 18.1. The standard InChI is InChI=1S/C22H24FNO2/c1-2-26-22(25)21-16-24(15-18-6-4-3-5-7-18)13-12-20(21)19-10-8-17(14-23)9-11-19/h3-11H,2,12-16H2,1H3. The molecule has 0 atom stereocenters. The second-order valence-electron chi connectivity index (χ2n) is 6.45. The van der Waals surface area contributed by atoms with Crippen molar-refractivity contribution < 1.29 is 13.9 Å². The fourth-order valence-electron chi connectivity index (χ4n) is 3.32. The van der Waals surface area contributed by atoms with Gasteiger partial charge in [0.05, 0.1) is 12.2 Å². The number of hydrogen-bond donors (Lipinski definition) is 0. The molecule has 0 saturated heterocycles. The first kappa shape index (κ1) is 18.3. The molecular formula is C22H24FNO2. The minimum Gasteiger partial charge on any atom is -0.463 e. The molecule has 1 heterocycles. The van der Waals surface area contributed by atoms with E-state index in [0.29, 0.717) is 24.3 Å². The van der Waals surface area contributed by atoms with E-state index in [1.165, 1.54) is 5.56 Å². The number of esters is 1. The number of halogens is 1. The van der Waals surface area contributed by atoms with Crippen molar-refractivity contribution in [2.75, 3.05) is 19.7 Å². The average molecular weight is 353 g/mol. The molecule has 0 amide bonds. The van der Waals surface area contributed by atoms with Gasteiger partial charge in [0.15, 0.2) is 0 Å². The maximum Gasteiger partial charge on any atom is 0.335 e. The fourth-order valence-corrected chi connectivity index (χ4v) is 3.32. The van der Waals surface area contributed by atoms with Gasteiger partial charge in [-0.25, -0.2) is 9.18 Å². The van der Waals surface area contributed by atoms with Gasteiger partial charge in [0.2, 0.25) is 0 Å². The summed E-state index contributed by atoms with van der Waals surface area (Å²) in [5.74, 6) is -0.255. The van der Waals surface area contributed by atoms with Crippen LogP contribution in [0.4, 0.5) is 4.39 Å². The van der Waals surface area contributed by atoms with Crippen molar-refractivity contribution in [2.24, 2.45) is 0 Å². The molecule has 0 N–H and O–H groups in total. The van der Waals surface area contributed by atoms with Gasteiger partial charge in [-0.1, -0.05) is 54.6 Å². The summed E-state index contributed by atoms with van der Waals surface area (Å²) >= 11 is 0. The molecule has 0 fully saturated rings. The summed E-state index contributed by atoms with van der Waals surface area (Å²) in [5.41, 5.74) is 4.57. The summed E-state index contributed by atoms with van der Waals surface area (Å²) in [5, 5.41) is 0. The number of rotatable bonds is 6. The Kier molecular flexibility index (Phi) is 6.18. The van der Waals surface area contributed by atoms with Gasteiger partial charge in [-0.2, -0.15) is 0 Å². The molecule has 0 unspecified atom stereocenters. The Morgan fingerprint density at radius 2 is 1.81 bits per heavy atom. The summed E-state index contributed by atoms with van der Waals surface area (Å²) in [6.07, 6.45) is 0.774. The van der Waals surface area contributed by atoms with Crippen molar-refractivity contribution in [3.05, 3.63) is 76.9 Å². The van der Waals surface area contributed by atoms with E-state index in [-0.39, 0.29) is 5.97 Å². The van der Waals surface area contributed by atoms with Crippen LogP contribution in [0.1, 0.15) is 30.0 Å². The molecule has 1 aliphatic rings. The Hall–Kier alpha value is -2.46. The molecule has 0 radical (unpaired) electrons. The van der Waals surface area contributed by atoms with Gasteiger partial charge >= 0.3 is 5.97 Å². The number of alkyl halides is 1. The molecule has 1 aliphatic heterocycles. The van der Waals surface area contributed by atoms with E-state index in [1.54, 1.807) is 12.1 Å².